The van der Waals surface area contributed by atoms with Crippen LogP contribution in [-0.4, -0.2) is 17.8 Å². The van der Waals surface area contributed by atoms with Crippen LogP contribution in [0.5, 0.6) is 5.75 Å². The number of rotatable bonds is 4. The van der Waals surface area contributed by atoms with E-state index in [-0.39, 0.29) is 0 Å². The number of benzene rings is 1. The van der Waals surface area contributed by atoms with Gasteiger partial charge in [-0.2, -0.15) is 0 Å². The van der Waals surface area contributed by atoms with Crippen LogP contribution in [0.2, 0.25) is 5.02 Å². The maximum atomic E-state index is 10.5. The lowest BCUT2D eigenvalue weighted by Gasteiger charge is -2.46. The fourth-order valence-electron chi connectivity index (χ4n) is 2.77. The van der Waals surface area contributed by atoms with E-state index in [1.54, 1.807) is 7.11 Å². The summed E-state index contributed by atoms with van der Waals surface area (Å²) in [6, 6.07) is 5.56. The van der Waals surface area contributed by atoms with E-state index < -0.39 is 5.60 Å². The van der Waals surface area contributed by atoms with Crippen molar-refractivity contribution in [3.8, 4) is 5.75 Å². The highest BCUT2D eigenvalue weighted by atomic mass is 35.5. The standard InChI is InChI=1S/C15H21ClO2/c1-10(2)12-8-15(17,9-12)7-11-6-13(16)4-5-14(11)18-3/h4-6,10,12,17H,7-9H2,1-3H3. The lowest BCUT2D eigenvalue weighted by Crippen LogP contribution is -2.47. The van der Waals surface area contributed by atoms with Crippen LogP contribution in [0.25, 0.3) is 0 Å². The average Bonchev–Trinajstić information content (AvgIpc) is 2.25. The van der Waals surface area contributed by atoms with Crippen molar-refractivity contribution in [3.05, 3.63) is 28.8 Å². The maximum absolute atomic E-state index is 10.5. The largest absolute Gasteiger partial charge is 0.496 e. The first-order chi connectivity index (χ1) is 8.43. The van der Waals surface area contributed by atoms with Gasteiger partial charge in [-0.1, -0.05) is 25.4 Å². The van der Waals surface area contributed by atoms with E-state index in [9.17, 15) is 5.11 Å². The van der Waals surface area contributed by atoms with Gasteiger partial charge in [-0.25, -0.2) is 0 Å². The minimum atomic E-state index is -0.576. The van der Waals surface area contributed by atoms with Gasteiger partial charge < -0.3 is 9.84 Å². The molecule has 3 heteroatoms. The van der Waals surface area contributed by atoms with Crippen LogP contribution >= 0.6 is 11.6 Å². The number of methoxy groups -OCH3 is 1. The summed E-state index contributed by atoms with van der Waals surface area (Å²) in [5.74, 6) is 2.09. The summed E-state index contributed by atoms with van der Waals surface area (Å²) in [6.45, 7) is 4.43. The van der Waals surface area contributed by atoms with Gasteiger partial charge in [0.1, 0.15) is 5.75 Å². The molecule has 0 saturated heterocycles. The van der Waals surface area contributed by atoms with E-state index in [2.05, 4.69) is 13.8 Å². The van der Waals surface area contributed by atoms with E-state index in [0.29, 0.717) is 23.3 Å². The Hall–Kier alpha value is -0.730. The number of hydrogen-bond donors (Lipinski definition) is 1. The molecule has 0 amide bonds. The smallest absolute Gasteiger partial charge is 0.122 e. The highest BCUT2D eigenvalue weighted by Crippen LogP contribution is 2.45. The van der Waals surface area contributed by atoms with Gasteiger partial charge in [-0.3, -0.25) is 0 Å². The highest BCUT2D eigenvalue weighted by molar-refractivity contribution is 6.30. The SMILES string of the molecule is COc1ccc(Cl)cc1CC1(O)CC(C(C)C)C1. The molecule has 0 heterocycles. The Morgan fingerprint density at radius 2 is 2.11 bits per heavy atom. The molecule has 2 nitrogen and oxygen atoms in total. The van der Waals surface area contributed by atoms with Crippen LogP contribution in [0, 0.1) is 11.8 Å². The van der Waals surface area contributed by atoms with Gasteiger partial charge in [0.2, 0.25) is 0 Å². The van der Waals surface area contributed by atoms with Crippen molar-refractivity contribution in [2.24, 2.45) is 11.8 Å². The van der Waals surface area contributed by atoms with E-state index in [1.807, 2.05) is 18.2 Å². The summed E-state index contributed by atoms with van der Waals surface area (Å²) < 4.78 is 5.32. The predicted molar refractivity (Wildman–Crippen MR) is 74.2 cm³/mol. The summed E-state index contributed by atoms with van der Waals surface area (Å²) in [4.78, 5) is 0. The van der Waals surface area contributed by atoms with E-state index in [1.165, 1.54) is 0 Å². The molecular formula is C15H21ClO2. The van der Waals surface area contributed by atoms with Crippen LogP contribution in [0.3, 0.4) is 0 Å². The van der Waals surface area contributed by atoms with E-state index >= 15 is 0 Å². The van der Waals surface area contributed by atoms with Crippen LogP contribution in [-0.2, 0) is 6.42 Å². The van der Waals surface area contributed by atoms with Gasteiger partial charge in [-0.15, -0.1) is 0 Å². The molecule has 0 atom stereocenters. The first kappa shape index (κ1) is 13.7. The lowest BCUT2D eigenvalue weighted by atomic mass is 9.64. The van der Waals surface area contributed by atoms with Crippen molar-refractivity contribution in [2.75, 3.05) is 7.11 Å². The third kappa shape index (κ3) is 2.81. The molecule has 1 aliphatic carbocycles. The molecule has 0 spiro atoms. The second-order valence-electron chi connectivity index (χ2n) is 5.77. The third-order valence-corrected chi connectivity index (χ3v) is 4.22. The fraction of sp³-hybridized carbons (Fsp3) is 0.600. The van der Waals surface area contributed by atoms with Gasteiger partial charge in [0.25, 0.3) is 0 Å². The minimum Gasteiger partial charge on any atom is -0.496 e. The number of aliphatic hydroxyl groups is 1. The Morgan fingerprint density at radius 1 is 1.44 bits per heavy atom. The van der Waals surface area contributed by atoms with Gasteiger partial charge in [0.05, 0.1) is 12.7 Å². The number of hydrogen-bond acceptors (Lipinski definition) is 2. The number of ether oxygens (including phenoxy) is 1. The second kappa shape index (κ2) is 5.10. The topological polar surface area (TPSA) is 29.5 Å². The zero-order chi connectivity index (χ0) is 13.3. The highest BCUT2D eigenvalue weighted by Gasteiger charge is 2.43. The normalized spacial score (nSPS) is 27.1. The van der Waals surface area contributed by atoms with Crippen molar-refractivity contribution in [2.45, 2.75) is 38.7 Å². The average molecular weight is 269 g/mol. The Kier molecular flexibility index (Phi) is 3.88. The Labute approximate surface area is 114 Å². The summed E-state index contributed by atoms with van der Waals surface area (Å²) in [5.41, 5.74) is 0.419. The second-order valence-corrected chi connectivity index (χ2v) is 6.21. The fourth-order valence-corrected chi connectivity index (χ4v) is 2.97. The summed E-state index contributed by atoms with van der Waals surface area (Å²) in [7, 11) is 1.65. The Morgan fingerprint density at radius 3 is 2.67 bits per heavy atom. The molecule has 0 aromatic heterocycles. The van der Waals surface area contributed by atoms with Crippen LogP contribution < -0.4 is 4.74 Å². The molecule has 0 bridgehead atoms. The van der Waals surface area contributed by atoms with E-state index in [4.69, 9.17) is 16.3 Å². The van der Waals surface area contributed by atoms with Crippen LogP contribution in [0.1, 0.15) is 32.3 Å². The van der Waals surface area contributed by atoms with Crippen LogP contribution in [0.15, 0.2) is 18.2 Å². The molecule has 0 unspecified atom stereocenters. The molecule has 100 valence electrons. The molecule has 0 aliphatic heterocycles. The van der Waals surface area contributed by atoms with Gasteiger partial charge in [0.15, 0.2) is 0 Å². The van der Waals surface area contributed by atoms with Crippen molar-refractivity contribution in [3.63, 3.8) is 0 Å². The van der Waals surface area contributed by atoms with Crippen molar-refractivity contribution in [1.82, 2.24) is 0 Å². The summed E-state index contributed by atoms with van der Waals surface area (Å²) in [6.07, 6.45) is 2.38. The van der Waals surface area contributed by atoms with Crippen molar-refractivity contribution >= 4 is 11.6 Å². The molecule has 1 aromatic rings. The first-order valence-electron chi connectivity index (χ1n) is 6.48. The zero-order valence-corrected chi connectivity index (χ0v) is 12.0. The zero-order valence-electron chi connectivity index (χ0n) is 11.2. The van der Waals surface area contributed by atoms with Crippen molar-refractivity contribution in [1.29, 1.82) is 0 Å². The molecule has 1 fully saturated rings. The molecule has 1 aliphatic rings. The first-order valence-corrected chi connectivity index (χ1v) is 6.86. The van der Waals surface area contributed by atoms with Gasteiger partial charge in [0, 0.05) is 11.4 Å². The lowest BCUT2D eigenvalue weighted by molar-refractivity contribution is -0.0862. The molecular weight excluding hydrogens is 248 g/mol. The predicted octanol–water partition coefficient (Wildman–Crippen LogP) is 3.69. The monoisotopic (exact) mass is 268 g/mol. The quantitative estimate of drug-likeness (QED) is 0.903. The number of halogens is 1. The molecule has 18 heavy (non-hydrogen) atoms. The molecule has 1 saturated carbocycles. The van der Waals surface area contributed by atoms with Gasteiger partial charge in [-0.05, 0) is 48.4 Å². The maximum Gasteiger partial charge on any atom is 0.122 e. The molecule has 1 aromatic carbocycles. The van der Waals surface area contributed by atoms with Crippen molar-refractivity contribution < 1.29 is 9.84 Å². The van der Waals surface area contributed by atoms with E-state index in [0.717, 1.165) is 24.2 Å². The molecule has 2 rings (SSSR count). The summed E-state index contributed by atoms with van der Waals surface area (Å²) >= 11 is 6.01. The van der Waals surface area contributed by atoms with Crippen LogP contribution in [0.4, 0.5) is 0 Å². The minimum absolute atomic E-state index is 0.576. The molecule has 0 radical (unpaired) electrons. The Bertz CT molecular complexity index is 423. The Balaban J connectivity index is 2.08. The van der Waals surface area contributed by atoms with Gasteiger partial charge >= 0.3 is 0 Å². The molecule has 1 N–H and O–H groups in total. The third-order valence-electron chi connectivity index (χ3n) is 3.99. The summed E-state index contributed by atoms with van der Waals surface area (Å²) in [5, 5.41) is 11.2.